The van der Waals surface area contributed by atoms with Gasteiger partial charge in [0.1, 0.15) is 23.9 Å². The highest BCUT2D eigenvalue weighted by Gasteiger charge is 2.22. The minimum atomic E-state index is -0.592. The zero-order valence-corrected chi connectivity index (χ0v) is 19.4. The number of hydrogen-bond acceptors (Lipinski definition) is 5. The van der Waals surface area contributed by atoms with E-state index in [9.17, 15) is 5.11 Å². The van der Waals surface area contributed by atoms with E-state index < -0.39 is 6.10 Å². The third-order valence-corrected chi connectivity index (χ3v) is 6.38. The van der Waals surface area contributed by atoms with Crippen molar-refractivity contribution in [3.8, 4) is 23.0 Å². The molecule has 3 aromatic carbocycles. The summed E-state index contributed by atoms with van der Waals surface area (Å²) in [6.07, 6.45) is 0.0755. The van der Waals surface area contributed by atoms with E-state index in [1.165, 1.54) is 0 Å². The zero-order valence-electron chi connectivity index (χ0n) is 18.6. The van der Waals surface area contributed by atoms with Crippen molar-refractivity contribution in [1.82, 2.24) is 0 Å². The number of benzene rings is 3. The highest BCUT2D eigenvalue weighted by Crippen LogP contribution is 2.46. The summed E-state index contributed by atoms with van der Waals surface area (Å²) >= 11 is 1.55. The van der Waals surface area contributed by atoms with Gasteiger partial charge in [-0.1, -0.05) is 50.2 Å². The molecule has 0 aliphatic rings. The van der Waals surface area contributed by atoms with Crippen LogP contribution in [0.25, 0.3) is 10.1 Å². The molecule has 4 aromatic rings. The SMILES string of the molecule is COc1ccc2c(Oc3cccc(OCc4ccccc4)c3)c(C(O)CC(C)C)sc2c1. The minimum Gasteiger partial charge on any atom is -0.497 e. The third kappa shape index (κ3) is 5.23. The van der Waals surface area contributed by atoms with Crippen molar-refractivity contribution in [2.24, 2.45) is 5.92 Å². The molecule has 1 N–H and O–H groups in total. The van der Waals surface area contributed by atoms with Gasteiger partial charge in [0.05, 0.1) is 18.1 Å². The van der Waals surface area contributed by atoms with Gasteiger partial charge in [0.15, 0.2) is 5.75 Å². The quantitative estimate of drug-likeness (QED) is 0.291. The van der Waals surface area contributed by atoms with Gasteiger partial charge in [-0.3, -0.25) is 0 Å². The van der Waals surface area contributed by atoms with E-state index in [4.69, 9.17) is 14.2 Å². The number of rotatable bonds is 9. The van der Waals surface area contributed by atoms with Crippen LogP contribution in [0.2, 0.25) is 0 Å². The molecule has 0 fully saturated rings. The molecule has 0 radical (unpaired) electrons. The first-order valence-corrected chi connectivity index (χ1v) is 11.6. The van der Waals surface area contributed by atoms with E-state index in [1.807, 2.05) is 72.8 Å². The summed E-state index contributed by atoms with van der Waals surface area (Å²) in [5.41, 5.74) is 1.11. The molecular formula is C27H28O4S. The molecule has 0 saturated carbocycles. The van der Waals surface area contributed by atoms with E-state index in [1.54, 1.807) is 18.4 Å². The molecule has 0 bridgehead atoms. The molecule has 4 nitrogen and oxygen atoms in total. The van der Waals surface area contributed by atoms with E-state index in [2.05, 4.69) is 13.8 Å². The fraction of sp³-hybridized carbons (Fsp3) is 0.259. The van der Waals surface area contributed by atoms with Crippen LogP contribution >= 0.6 is 11.3 Å². The molecule has 166 valence electrons. The first-order valence-electron chi connectivity index (χ1n) is 10.8. The van der Waals surface area contributed by atoms with Crippen molar-refractivity contribution >= 4 is 21.4 Å². The predicted octanol–water partition coefficient (Wildman–Crippen LogP) is 7.36. The zero-order chi connectivity index (χ0) is 22.5. The molecule has 4 rings (SSSR count). The molecule has 32 heavy (non-hydrogen) atoms. The van der Waals surface area contributed by atoms with E-state index in [0.717, 1.165) is 32.0 Å². The summed E-state index contributed by atoms with van der Waals surface area (Å²) in [7, 11) is 1.65. The molecule has 0 spiro atoms. The average Bonchev–Trinajstić information content (AvgIpc) is 3.16. The second-order valence-electron chi connectivity index (χ2n) is 8.15. The maximum absolute atomic E-state index is 10.9. The topological polar surface area (TPSA) is 47.9 Å². The predicted molar refractivity (Wildman–Crippen MR) is 130 cm³/mol. The van der Waals surface area contributed by atoms with Crippen LogP contribution in [-0.2, 0) is 6.61 Å². The highest BCUT2D eigenvalue weighted by molar-refractivity contribution is 7.19. The minimum absolute atomic E-state index is 0.368. The Bertz CT molecular complexity index is 1170. The van der Waals surface area contributed by atoms with Crippen molar-refractivity contribution in [3.05, 3.63) is 83.2 Å². The molecule has 0 saturated heterocycles. The van der Waals surface area contributed by atoms with Crippen LogP contribution in [0, 0.1) is 5.92 Å². The molecule has 1 aromatic heterocycles. The lowest BCUT2D eigenvalue weighted by Crippen LogP contribution is -2.01. The fourth-order valence-electron chi connectivity index (χ4n) is 3.56. The smallest absolute Gasteiger partial charge is 0.151 e. The fourth-order valence-corrected chi connectivity index (χ4v) is 4.72. The molecule has 0 amide bonds. The van der Waals surface area contributed by atoms with E-state index >= 15 is 0 Å². The lowest BCUT2D eigenvalue weighted by Gasteiger charge is -2.15. The van der Waals surface area contributed by atoms with Gasteiger partial charge in [-0.25, -0.2) is 0 Å². The molecule has 0 aliphatic heterocycles. The molecule has 1 unspecified atom stereocenters. The molecule has 0 aliphatic carbocycles. The molecular weight excluding hydrogens is 420 g/mol. The van der Waals surface area contributed by atoms with Gasteiger partial charge in [0.2, 0.25) is 0 Å². The van der Waals surface area contributed by atoms with Crippen molar-refractivity contribution in [3.63, 3.8) is 0 Å². The van der Waals surface area contributed by atoms with Crippen molar-refractivity contribution < 1.29 is 19.3 Å². The summed E-state index contributed by atoms with van der Waals surface area (Å²) in [6.45, 7) is 4.70. The lowest BCUT2D eigenvalue weighted by atomic mass is 10.0. The Morgan fingerprint density at radius 3 is 2.41 bits per heavy atom. The molecule has 1 atom stereocenters. The Hall–Kier alpha value is -3.02. The number of fused-ring (bicyclic) bond motifs is 1. The van der Waals surface area contributed by atoms with Crippen LogP contribution in [0.5, 0.6) is 23.0 Å². The van der Waals surface area contributed by atoms with Gasteiger partial charge < -0.3 is 19.3 Å². The van der Waals surface area contributed by atoms with E-state index in [0.29, 0.717) is 30.4 Å². The van der Waals surface area contributed by atoms with Gasteiger partial charge in [-0.2, -0.15) is 0 Å². The van der Waals surface area contributed by atoms with Crippen LogP contribution in [0.15, 0.2) is 72.8 Å². The third-order valence-electron chi connectivity index (χ3n) is 5.15. The average molecular weight is 449 g/mol. The van der Waals surface area contributed by atoms with Crippen molar-refractivity contribution in [1.29, 1.82) is 0 Å². The van der Waals surface area contributed by atoms with Gasteiger partial charge in [-0.15, -0.1) is 11.3 Å². The summed E-state index contributed by atoms with van der Waals surface area (Å²) in [5.74, 6) is 3.25. The number of hydrogen-bond donors (Lipinski definition) is 1. The number of aliphatic hydroxyl groups excluding tert-OH is 1. The normalized spacial score (nSPS) is 12.2. The Labute approximate surface area is 193 Å². The monoisotopic (exact) mass is 448 g/mol. The van der Waals surface area contributed by atoms with Crippen LogP contribution < -0.4 is 14.2 Å². The van der Waals surface area contributed by atoms with Crippen LogP contribution in [-0.4, -0.2) is 12.2 Å². The van der Waals surface area contributed by atoms with Gasteiger partial charge >= 0.3 is 0 Å². The number of ether oxygens (including phenoxy) is 3. The van der Waals surface area contributed by atoms with Crippen LogP contribution in [0.3, 0.4) is 0 Å². The van der Waals surface area contributed by atoms with Gasteiger partial charge in [0, 0.05) is 16.2 Å². The number of aliphatic hydroxyl groups is 1. The highest BCUT2D eigenvalue weighted by atomic mass is 32.1. The Balaban J connectivity index is 1.62. The molecule has 5 heteroatoms. The second kappa shape index (κ2) is 10.1. The summed E-state index contributed by atoms with van der Waals surface area (Å²) in [6, 6.07) is 23.6. The first kappa shape index (κ1) is 22.2. The van der Waals surface area contributed by atoms with Crippen LogP contribution in [0.4, 0.5) is 0 Å². The maximum Gasteiger partial charge on any atom is 0.151 e. The van der Waals surface area contributed by atoms with Crippen molar-refractivity contribution in [2.75, 3.05) is 7.11 Å². The molecule has 1 heterocycles. The second-order valence-corrected chi connectivity index (χ2v) is 9.24. The Kier molecular flexibility index (Phi) is 6.98. The summed E-state index contributed by atoms with van der Waals surface area (Å²) in [4.78, 5) is 0.831. The standard InChI is InChI=1S/C27H28O4S/c1-18(2)14-24(28)27-26(23-13-12-20(29-3)16-25(23)32-27)31-22-11-7-10-21(15-22)30-17-19-8-5-4-6-9-19/h4-13,15-16,18,24,28H,14,17H2,1-3H3. The largest absolute Gasteiger partial charge is 0.497 e. The lowest BCUT2D eigenvalue weighted by molar-refractivity contribution is 0.152. The van der Waals surface area contributed by atoms with E-state index in [-0.39, 0.29) is 0 Å². The summed E-state index contributed by atoms with van der Waals surface area (Å²) < 4.78 is 18.7. The van der Waals surface area contributed by atoms with Crippen molar-refractivity contribution in [2.45, 2.75) is 33.0 Å². The van der Waals surface area contributed by atoms with Crippen LogP contribution in [0.1, 0.15) is 36.8 Å². The summed E-state index contributed by atoms with van der Waals surface area (Å²) in [5, 5.41) is 11.9. The first-order chi connectivity index (χ1) is 15.5. The Morgan fingerprint density at radius 2 is 1.66 bits per heavy atom. The number of thiophene rings is 1. The Morgan fingerprint density at radius 1 is 0.875 bits per heavy atom. The van der Waals surface area contributed by atoms with Gasteiger partial charge in [-0.05, 0) is 48.2 Å². The van der Waals surface area contributed by atoms with Gasteiger partial charge in [0.25, 0.3) is 0 Å². The number of methoxy groups -OCH3 is 1. The maximum atomic E-state index is 10.9.